The highest BCUT2D eigenvalue weighted by Crippen LogP contribution is 2.35. The highest BCUT2D eigenvalue weighted by molar-refractivity contribution is 5.35. The lowest BCUT2D eigenvalue weighted by molar-refractivity contribution is 0.0863. The Labute approximate surface area is 162 Å². The molecule has 0 amide bonds. The zero-order chi connectivity index (χ0) is 20.0. The summed E-state index contributed by atoms with van der Waals surface area (Å²) in [5.41, 5.74) is 2.33. The first-order valence-electron chi connectivity index (χ1n) is 9.17. The van der Waals surface area contributed by atoms with Crippen LogP contribution in [-0.2, 0) is 23.4 Å². The molecule has 2 aromatic rings. The van der Waals surface area contributed by atoms with E-state index in [-0.39, 0.29) is 0 Å². The Morgan fingerprint density at radius 3 is 2.26 bits per heavy atom. The molecule has 146 valence electrons. The average molecular weight is 370 g/mol. The number of hydrogen-bond acceptors (Lipinski definition) is 4. The molecule has 2 rings (SSSR count). The Balaban J connectivity index is 2.17. The van der Waals surface area contributed by atoms with Crippen molar-refractivity contribution in [3.8, 4) is 0 Å². The minimum absolute atomic E-state index is 0.458. The van der Waals surface area contributed by atoms with E-state index in [2.05, 4.69) is 49.2 Å². The summed E-state index contributed by atoms with van der Waals surface area (Å²) in [4.78, 5) is 2.26. The van der Waals surface area contributed by atoms with E-state index in [1.807, 2.05) is 6.07 Å². The Bertz CT molecular complexity index is 759. The number of aliphatic hydroxyl groups is 1. The fourth-order valence-corrected chi connectivity index (χ4v) is 3.05. The normalized spacial score (nSPS) is 11.8. The molecular weight excluding hydrogens is 338 g/mol. The zero-order valence-corrected chi connectivity index (χ0v) is 16.9. The van der Waals surface area contributed by atoms with Crippen LogP contribution in [0.4, 0.5) is 0 Å². The zero-order valence-electron chi connectivity index (χ0n) is 16.9. The number of ether oxygens (including phenoxy) is 1. The molecule has 0 spiro atoms. The van der Waals surface area contributed by atoms with Crippen LogP contribution in [0.3, 0.4) is 0 Å². The molecule has 0 bridgehead atoms. The molecule has 0 saturated carbocycles. The van der Waals surface area contributed by atoms with Gasteiger partial charge in [-0.2, -0.15) is 0 Å². The number of hydrogen-bond donors (Lipinski definition) is 1. The smallest absolute Gasteiger partial charge is 0.163 e. The van der Waals surface area contributed by atoms with Gasteiger partial charge in [0.1, 0.15) is 11.5 Å². The van der Waals surface area contributed by atoms with E-state index in [0.717, 1.165) is 18.8 Å². The van der Waals surface area contributed by atoms with Crippen molar-refractivity contribution in [3.05, 3.63) is 83.3 Å². The third kappa shape index (κ3) is 5.19. The first-order valence-corrected chi connectivity index (χ1v) is 9.17. The van der Waals surface area contributed by atoms with Crippen LogP contribution < -0.4 is 0 Å². The third-order valence-corrected chi connectivity index (χ3v) is 4.77. The highest BCUT2D eigenvalue weighted by atomic mass is 16.5. The maximum absolute atomic E-state index is 11.0. The molecule has 0 unspecified atom stereocenters. The SMILES string of the molecule is C=C(C)C(O)(C(=C)C)c1ccc(CN(CCOC)Cc2ccc(C)cc2)o1. The Morgan fingerprint density at radius 2 is 1.70 bits per heavy atom. The maximum atomic E-state index is 11.0. The number of benzene rings is 1. The average Bonchev–Trinajstić information content (AvgIpc) is 3.09. The van der Waals surface area contributed by atoms with Gasteiger partial charge in [-0.25, -0.2) is 0 Å². The van der Waals surface area contributed by atoms with Gasteiger partial charge in [0.15, 0.2) is 5.60 Å². The van der Waals surface area contributed by atoms with E-state index < -0.39 is 5.60 Å². The van der Waals surface area contributed by atoms with Crippen LogP contribution in [0.1, 0.15) is 36.5 Å². The predicted octanol–water partition coefficient (Wildman–Crippen LogP) is 4.58. The van der Waals surface area contributed by atoms with Crippen LogP contribution in [0.5, 0.6) is 0 Å². The quantitative estimate of drug-likeness (QED) is 0.623. The Kier molecular flexibility index (Phi) is 7.19. The summed E-state index contributed by atoms with van der Waals surface area (Å²) in [6.07, 6.45) is 0. The molecule has 27 heavy (non-hydrogen) atoms. The second-order valence-electron chi connectivity index (χ2n) is 7.23. The van der Waals surface area contributed by atoms with Gasteiger partial charge in [0.25, 0.3) is 0 Å². The summed E-state index contributed by atoms with van der Waals surface area (Å²) in [5, 5.41) is 11.0. The van der Waals surface area contributed by atoms with Gasteiger partial charge in [0.05, 0.1) is 13.2 Å². The van der Waals surface area contributed by atoms with Crippen LogP contribution in [0.15, 0.2) is 65.1 Å². The van der Waals surface area contributed by atoms with E-state index in [1.165, 1.54) is 11.1 Å². The first kappa shape index (κ1) is 21.2. The second-order valence-corrected chi connectivity index (χ2v) is 7.23. The topological polar surface area (TPSA) is 45.8 Å². The van der Waals surface area contributed by atoms with Gasteiger partial charge in [-0.05, 0) is 49.6 Å². The molecule has 0 aliphatic carbocycles. The number of rotatable bonds is 10. The van der Waals surface area contributed by atoms with Crippen molar-refractivity contribution in [2.75, 3.05) is 20.3 Å². The molecule has 0 aliphatic heterocycles. The van der Waals surface area contributed by atoms with Gasteiger partial charge in [-0.3, -0.25) is 4.90 Å². The molecule has 0 aliphatic rings. The Morgan fingerprint density at radius 1 is 1.07 bits per heavy atom. The van der Waals surface area contributed by atoms with Gasteiger partial charge < -0.3 is 14.3 Å². The summed E-state index contributed by atoms with van der Waals surface area (Å²) in [7, 11) is 1.70. The number of furan rings is 1. The molecule has 1 aromatic heterocycles. The molecule has 4 heteroatoms. The molecule has 1 aromatic carbocycles. The minimum Gasteiger partial charge on any atom is -0.461 e. The summed E-state index contributed by atoms with van der Waals surface area (Å²) in [6, 6.07) is 12.2. The maximum Gasteiger partial charge on any atom is 0.163 e. The van der Waals surface area contributed by atoms with E-state index in [9.17, 15) is 5.11 Å². The number of nitrogens with zero attached hydrogens (tertiary/aromatic N) is 1. The standard InChI is InChI=1S/C23H31NO3/c1-17(2)23(25,18(3)4)22-12-11-21(27-22)16-24(13-14-26-6)15-20-9-7-19(5)8-10-20/h7-12,25H,1,3,13-16H2,2,4-6H3. The van der Waals surface area contributed by atoms with Gasteiger partial charge in [-0.1, -0.05) is 43.0 Å². The van der Waals surface area contributed by atoms with Gasteiger partial charge >= 0.3 is 0 Å². The van der Waals surface area contributed by atoms with Crippen LogP contribution in [-0.4, -0.2) is 30.3 Å². The van der Waals surface area contributed by atoms with E-state index in [4.69, 9.17) is 9.15 Å². The summed E-state index contributed by atoms with van der Waals surface area (Å²) in [5.74, 6) is 1.24. The fraction of sp³-hybridized carbons (Fsp3) is 0.391. The monoisotopic (exact) mass is 369 g/mol. The summed E-state index contributed by atoms with van der Waals surface area (Å²) < 4.78 is 11.2. The van der Waals surface area contributed by atoms with Crippen molar-refractivity contribution in [2.24, 2.45) is 0 Å². The largest absolute Gasteiger partial charge is 0.461 e. The molecule has 0 fully saturated rings. The van der Waals surface area contributed by atoms with Gasteiger partial charge in [-0.15, -0.1) is 0 Å². The van der Waals surface area contributed by atoms with Crippen LogP contribution >= 0.6 is 0 Å². The highest BCUT2D eigenvalue weighted by Gasteiger charge is 2.34. The van der Waals surface area contributed by atoms with E-state index >= 15 is 0 Å². The van der Waals surface area contributed by atoms with Crippen molar-refractivity contribution in [1.82, 2.24) is 4.90 Å². The predicted molar refractivity (Wildman–Crippen MR) is 109 cm³/mol. The lowest BCUT2D eigenvalue weighted by Crippen LogP contribution is -2.28. The van der Waals surface area contributed by atoms with Crippen LogP contribution in [0.25, 0.3) is 0 Å². The summed E-state index contributed by atoms with van der Waals surface area (Å²) in [6.45, 7) is 16.3. The molecule has 1 heterocycles. The van der Waals surface area contributed by atoms with Crippen molar-refractivity contribution >= 4 is 0 Å². The van der Waals surface area contributed by atoms with Crippen LogP contribution in [0, 0.1) is 6.92 Å². The molecule has 0 saturated heterocycles. The number of aryl methyl sites for hydroxylation is 1. The van der Waals surface area contributed by atoms with Crippen molar-refractivity contribution in [3.63, 3.8) is 0 Å². The molecular formula is C23H31NO3. The first-order chi connectivity index (χ1) is 12.8. The lowest BCUT2D eigenvalue weighted by Gasteiger charge is -2.27. The van der Waals surface area contributed by atoms with Crippen molar-refractivity contribution in [2.45, 2.75) is 39.5 Å². The van der Waals surface area contributed by atoms with Crippen molar-refractivity contribution in [1.29, 1.82) is 0 Å². The third-order valence-electron chi connectivity index (χ3n) is 4.77. The molecule has 4 nitrogen and oxygen atoms in total. The van der Waals surface area contributed by atoms with Crippen molar-refractivity contribution < 1.29 is 14.3 Å². The minimum atomic E-state index is -1.34. The molecule has 1 N–H and O–H groups in total. The molecule has 0 atom stereocenters. The summed E-state index contributed by atoms with van der Waals surface area (Å²) >= 11 is 0. The van der Waals surface area contributed by atoms with Gasteiger partial charge in [0, 0.05) is 20.2 Å². The second kappa shape index (κ2) is 9.18. The molecule has 0 radical (unpaired) electrons. The lowest BCUT2D eigenvalue weighted by atomic mass is 9.87. The number of methoxy groups -OCH3 is 1. The van der Waals surface area contributed by atoms with E-state index in [1.54, 1.807) is 27.0 Å². The fourth-order valence-electron chi connectivity index (χ4n) is 3.05. The van der Waals surface area contributed by atoms with E-state index in [0.29, 0.717) is 30.1 Å². The van der Waals surface area contributed by atoms with Gasteiger partial charge in [0.2, 0.25) is 0 Å². The van der Waals surface area contributed by atoms with Crippen LogP contribution in [0.2, 0.25) is 0 Å². The Hall–Kier alpha value is -2.14.